The van der Waals surface area contributed by atoms with Crippen LogP contribution in [0.15, 0.2) is 206 Å². The zero-order chi connectivity index (χ0) is 54.6. The molecule has 5 nitrogen and oxygen atoms in total. The molecule has 11 aromatic rings. The lowest BCUT2D eigenvalue weighted by atomic mass is 9.86. The van der Waals surface area contributed by atoms with E-state index in [1.165, 1.54) is 5.56 Å². The molecule has 0 amide bonds. The van der Waals surface area contributed by atoms with Gasteiger partial charge in [-0.05, 0) is 110 Å². The first-order valence-corrected chi connectivity index (χ1v) is 22.3. The van der Waals surface area contributed by atoms with E-state index in [-0.39, 0.29) is 38.8 Å². The van der Waals surface area contributed by atoms with Gasteiger partial charge in [0.2, 0.25) is 0 Å². The van der Waals surface area contributed by atoms with Gasteiger partial charge in [0, 0.05) is 23.0 Å². The first-order valence-electron chi connectivity index (χ1n) is 27.3. The van der Waals surface area contributed by atoms with Crippen LogP contribution in [-0.2, 0) is 10.8 Å². The van der Waals surface area contributed by atoms with Crippen molar-refractivity contribution in [3.63, 3.8) is 0 Å². The maximum atomic E-state index is 9.05. The number of imidazole rings is 1. The van der Waals surface area contributed by atoms with Gasteiger partial charge < -0.3 is 4.74 Å². The second-order valence-corrected chi connectivity index (χ2v) is 18.8. The molecule has 3 heterocycles. The molecule has 0 spiro atoms. The molecule has 3 aromatic heterocycles. The fourth-order valence-corrected chi connectivity index (χ4v) is 8.86. The molecular formula is C62H52N4O. The fourth-order valence-electron chi connectivity index (χ4n) is 8.86. The number of aromatic nitrogens is 4. The molecule has 0 aliphatic rings. The second kappa shape index (κ2) is 16.4. The Hall–Kier alpha value is -8.02. The average Bonchev–Trinajstić information content (AvgIpc) is 4.07. The zero-order valence-corrected chi connectivity index (χ0v) is 38.1. The highest BCUT2D eigenvalue weighted by molar-refractivity contribution is 6.10. The third kappa shape index (κ3) is 7.76. The first kappa shape index (κ1) is 31.8. The highest BCUT2D eigenvalue weighted by atomic mass is 16.5. The van der Waals surface area contributed by atoms with Crippen LogP contribution < -0.4 is 9.30 Å². The minimum Gasteiger partial charge on any atom is -0.458 e. The molecule has 0 fully saturated rings. The zero-order valence-electron chi connectivity index (χ0n) is 48.1. The van der Waals surface area contributed by atoms with Crippen molar-refractivity contribution in [2.75, 3.05) is 0 Å². The number of rotatable bonds is 8. The number of pyridine rings is 1. The van der Waals surface area contributed by atoms with Crippen LogP contribution in [-0.4, -0.2) is 14.1 Å². The van der Waals surface area contributed by atoms with E-state index in [4.69, 9.17) is 23.4 Å². The van der Waals surface area contributed by atoms with E-state index in [1.807, 2.05) is 66.9 Å². The summed E-state index contributed by atoms with van der Waals surface area (Å²) in [5, 5.41) is 2.10. The summed E-state index contributed by atoms with van der Waals surface area (Å²) in [5.41, 5.74) is 8.53. The van der Waals surface area contributed by atoms with Gasteiger partial charge >= 0.3 is 0 Å². The molecule has 0 bridgehead atoms. The van der Waals surface area contributed by atoms with Crippen LogP contribution >= 0.6 is 0 Å². The summed E-state index contributed by atoms with van der Waals surface area (Å²) in [5.74, 6) is 1.87. The molecule has 0 aliphatic carbocycles. The van der Waals surface area contributed by atoms with Gasteiger partial charge in [-0.25, -0.2) is 4.98 Å². The number of fused-ring (bicyclic) bond motifs is 4. The van der Waals surface area contributed by atoms with Crippen molar-refractivity contribution in [3.05, 3.63) is 224 Å². The van der Waals surface area contributed by atoms with E-state index >= 15 is 0 Å². The third-order valence-corrected chi connectivity index (χ3v) is 12.3. The van der Waals surface area contributed by atoms with E-state index in [2.05, 4.69) is 113 Å². The van der Waals surface area contributed by atoms with E-state index in [9.17, 15) is 0 Å². The molecule has 0 saturated carbocycles. The molecule has 0 radical (unpaired) electrons. The molecule has 8 aromatic carbocycles. The molecule has 67 heavy (non-hydrogen) atoms. The van der Waals surface area contributed by atoms with E-state index in [0.717, 1.165) is 44.3 Å². The standard InChI is InChI=1S/C62H52N4O/c1-61(2,3)46-30-27-42(28-31-46)45-29-34-55-54(37-45)53-33-32-50(40-58(53)66(55)59-38-47(35-36-63-59)62(4,5)6)67-49-22-15-21-48(39-49)64-41-65(57-26-14-13-25-56(57)64)60-51(43-17-9-7-10-18-43)23-16-24-52(60)44-19-11-8-12-20-44/h7-40H,1-6H3/i7D,8D,9D,10D,11D,12D,17D,18D,19D,20D. The Labute approximate surface area is 406 Å². The van der Waals surface area contributed by atoms with Gasteiger partial charge in [0.1, 0.15) is 17.3 Å². The molecule has 0 unspecified atom stereocenters. The Balaban J connectivity index is 1.06. The van der Waals surface area contributed by atoms with Crippen molar-refractivity contribution >= 4 is 32.8 Å². The summed E-state index contributed by atoms with van der Waals surface area (Å²) in [6.45, 7) is 13.2. The van der Waals surface area contributed by atoms with Crippen molar-refractivity contribution < 1.29 is 23.0 Å². The minimum atomic E-state index is -0.567. The van der Waals surface area contributed by atoms with Gasteiger partial charge in [0.15, 0.2) is 0 Å². The Morgan fingerprint density at radius 3 is 1.88 bits per heavy atom. The quantitative estimate of drug-likeness (QED) is 0.113. The maximum absolute atomic E-state index is 9.05. The number of hydrogen-bond acceptors (Lipinski definition) is 2. The van der Waals surface area contributed by atoms with Gasteiger partial charge in [-0.15, -0.1) is 0 Å². The summed E-state index contributed by atoms with van der Waals surface area (Å²) in [6.07, 6.45) is 5.32. The van der Waals surface area contributed by atoms with E-state index in [1.54, 1.807) is 27.3 Å². The minimum absolute atomic E-state index is 0.0341. The maximum Gasteiger partial charge on any atom is 0.269 e. The van der Waals surface area contributed by atoms with Gasteiger partial charge in [-0.3, -0.25) is 13.7 Å². The highest BCUT2D eigenvalue weighted by Crippen LogP contribution is 2.39. The van der Waals surface area contributed by atoms with Gasteiger partial charge in [-0.1, -0.05) is 181 Å². The summed E-state index contributed by atoms with van der Waals surface area (Å²) in [6, 6.07) is 40.1. The second-order valence-electron chi connectivity index (χ2n) is 18.8. The summed E-state index contributed by atoms with van der Waals surface area (Å²) in [4.78, 5) is 4.93. The summed E-state index contributed by atoms with van der Waals surface area (Å²) < 4.78 is 99.7. The smallest absolute Gasteiger partial charge is 0.269 e. The van der Waals surface area contributed by atoms with Crippen molar-refractivity contribution in [1.29, 1.82) is 0 Å². The molecule has 11 rings (SSSR count). The molecule has 5 heteroatoms. The fraction of sp³-hybridized carbons (Fsp3) is 0.129. The highest BCUT2D eigenvalue weighted by Gasteiger charge is 2.22. The van der Waals surface area contributed by atoms with Crippen molar-refractivity contribution in [2.45, 2.75) is 52.4 Å². The van der Waals surface area contributed by atoms with E-state index in [0.29, 0.717) is 28.2 Å². The van der Waals surface area contributed by atoms with Crippen LogP contribution in [0, 0.1) is 6.33 Å². The van der Waals surface area contributed by atoms with E-state index < -0.39 is 60.4 Å². The summed E-state index contributed by atoms with van der Waals surface area (Å²) >= 11 is 0. The van der Waals surface area contributed by atoms with Gasteiger partial charge in [-0.2, -0.15) is 0 Å². The number of hydrogen-bond donors (Lipinski definition) is 0. The van der Waals surface area contributed by atoms with Crippen LogP contribution in [0.4, 0.5) is 0 Å². The lowest BCUT2D eigenvalue weighted by Gasteiger charge is -2.20. The van der Waals surface area contributed by atoms with Gasteiger partial charge in [0.05, 0.1) is 47.1 Å². The summed E-state index contributed by atoms with van der Waals surface area (Å²) in [7, 11) is 0. The normalized spacial score (nSPS) is 14.1. The number of benzene rings is 8. The lowest BCUT2D eigenvalue weighted by Crippen LogP contribution is -2.31. The lowest BCUT2D eigenvalue weighted by molar-refractivity contribution is -0.571. The predicted molar refractivity (Wildman–Crippen MR) is 276 cm³/mol. The number of para-hydroxylation sites is 3. The van der Waals surface area contributed by atoms with Crippen LogP contribution in [0.3, 0.4) is 0 Å². The monoisotopic (exact) mass is 878 g/mol. The van der Waals surface area contributed by atoms with Gasteiger partial charge in [0.25, 0.3) is 6.33 Å². The molecule has 0 N–H and O–H groups in total. The molecule has 0 atom stereocenters. The van der Waals surface area contributed by atoms with Crippen molar-refractivity contribution in [1.82, 2.24) is 14.1 Å². The average molecular weight is 879 g/mol. The number of nitrogens with zero attached hydrogens (tertiary/aromatic N) is 4. The SMILES string of the molecule is [2H]c1c([2H])c([2H])c(-c2cccc(-c3c([2H])c([2H])c([2H])c([2H])c3[2H])c2-[n+]2[c-]n(-c3cccc(Oc4ccc5c6cc(-c7ccc(C(C)(C)C)cc7)ccc6n(-c6cc(C(C)(C)C)ccn6)c5c4)c3)c3ccccc32)c([2H])c1[2H]. The molecule has 326 valence electrons. The topological polar surface area (TPSA) is 35.9 Å². The van der Waals surface area contributed by atoms with Crippen LogP contribution in [0.1, 0.15) is 66.4 Å². The molecule has 0 saturated heterocycles. The van der Waals surface area contributed by atoms with Crippen LogP contribution in [0.2, 0.25) is 0 Å². The first-order chi connectivity index (χ1) is 36.6. The Kier molecular flexibility index (Phi) is 7.80. The Bertz CT molecular complexity index is 4080. The van der Waals surface area contributed by atoms with Crippen molar-refractivity contribution in [3.8, 4) is 62.1 Å². The van der Waals surface area contributed by atoms with Crippen LogP contribution in [0.5, 0.6) is 11.5 Å². The predicted octanol–water partition coefficient (Wildman–Crippen LogP) is 15.6. The Morgan fingerprint density at radius 1 is 0.522 bits per heavy atom. The molecular weight excluding hydrogens is 817 g/mol. The molecule has 0 aliphatic heterocycles. The van der Waals surface area contributed by atoms with Crippen LogP contribution in [0.25, 0.3) is 83.4 Å². The third-order valence-electron chi connectivity index (χ3n) is 12.3. The number of ether oxygens (including phenoxy) is 1. The Morgan fingerprint density at radius 2 is 1.18 bits per heavy atom. The van der Waals surface area contributed by atoms with Crippen molar-refractivity contribution in [2.24, 2.45) is 0 Å². The largest absolute Gasteiger partial charge is 0.458 e.